The summed E-state index contributed by atoms with van der Waals surface area (Å²) in [6, 6.07) is 9.36. The smallest absolute Gasteiger partial charge is 0.306 e. The number of imide groups is 1. The highest BCUT2D eigenvalue weighted by molar-refractivity contribution is 6.02. The molecule has 1 aliphatic rings. The first kappa shape index (κ1) is 10.7. The summed E-state index contributed by atoms with van der Waals surface area (Å²) in [4.78, 5) is 24.3. The Morgan fingerprint density at radius 2 is 1.81 bits per heavy atom. The van der Waals surface area contributed by atoms with E-state index in [4.69, 9.17) is 0 Å². The minimum atomic E-state index is -0.475. The average Bonchev–Trinajstić information content (AvgIpc) is 2.60. The monoisotopic (exact) mass is 218 g/mol. The molecule has 3 amide bonds. The molecule has 0 saturated carbocycles. The second-order valence-corrected chi connectivity index (χ2v) is 4.36. The van der Waals surface area contributed by atoms with Crippen molar-refractivity contribution in [2.75, 3.05) is 6.54 Å². The van der Waals surface area contributed by atoms with Gasteiger partial charge < -0.3 is 4.90 Å². The van der Waals surface area contributed by atoms with Gasteiger partial charge in [0, 0.05) is 0 Å². The van der Waals surface area contributed by atoms with E-state index >= 15 is 0 Å². The molecule has 2 rings (SSSR count). The van der Waals surface area contributed by atoms with Gasteiger partial charge in [0.15, 0.2) is 0 Å². The van der Waals surface area contributed by atoms with Crippen LogP contribution < -0.4 is 5.32 Å². The van der Waals surface area contributed by atoms with Crippen LogP contribution in [0.5, 0.6) is 0 Å². The SMILES string of the molecule is CC(C)(c1ccccc1)N1CC(=O)NC1=O. The van der Waals surface area contributed by atoms with Gasteiger partial charge in [0.05, 0.1) is 5.54 Å². The summed E-state index contributed by atoms with van der Waals surface area (Å²) in [5.74, 6) is -0.242. The third-order valence-electron chi connectivity index (χ3n) is 2.95. The molecule has 1 saturated heterocycles. The number of carbonyl (C=O) groups is 2. The van der Waals surface area contributed by atoms with Crippen LogP contribution in [0.4, 0.5) is 4.79 Å². The normalized spacial score (nSPS) is 16.5. The molecule has 1 heterocycles. The number of hydrogen-bond donors (Lipinski definition) is 1. The number of nitrogens with zero attached hydrogens (tertiary/aromatic N) is 1. The fraction of sp³-hybridized carbons (Fsp3) is 0.333. The standard InChI is InChI=1S/C12H14N2O2/c1-12(2,9-6-4-3-5-7-9)14-8-10(15)13-11(14)16/h3-7H,8H2,1-2H3,(H,13,15,16). The molecule has 1 aromatic carbocycles. The largest absolute Gasteiger partial charge is 0.325 e. The van der Waals surface area contributed by atoms with Gasteiger partial charge in [0.1, 0.15) is 6.54 Å². The summed E-state index contributed by atoms with van der Waals surface area (Å²) in [6.45, 7) is 3.99. The third-order valence-corrected chi connectivity index (χ3v) is 2.95. The first-order chi connectivity index (χ1) is 7.51. The molecule has 84 valence electrons. The lowest BCUT2D eigenvalue weighted by Crippen LogP contribution is -2.43. The van der Waals surface area contributed by atoms with Gasteiger partial charge in [0.25, 0.3) is 0 Å². The van der Waals surface area contributed by atoms with Crippen LogP contribution in [0.25, 0.3) is 0 Å². The van der Waals surface area contributed by atoms with E-state index in [1.807, 2.05) is 44.2 Å². The Kier molecular flexibility index (Phi) is 2.42. The lowest BCUT2D eigenvalue weighted by molar-refractivity contribution is -0.118. The number of benzene rings is 1. The molecule has 4 heteroatoms. The maximum atomic E-state index is 11.6. The number of rotatable bonds is 2. The highest BCUT2D eigenvalue weighted by atomic mass is 16.2. The maximum absolute atomic E-state index is 11.6. The molecule has 4 nitrogen and oxygen atoms in total. The predicted octanol–water partition coefficient (Wildman–Crippen LogP) is 1.47. The Hall–Kier alpha value is -1.84. The van der Waals surface area contributed by atoms with Crippen molar-refractivity contribution in [3.05, 3.63) is 35.9 Å². The van der Waals surface area contributed by atoms with Gasteiger partial charge in [0.2, 0.25) is 5.91 Å². The van der Waals surface area contributed by atoms with E-state index in [0.717, 1.165) is 5.56 Å². The highest BCUT2D eigenvalue weighted by Crippen LogP contribution is 2.28. The van der Waals surface area contributed by atoms with Crippen LogP contribution >= 0.6 is 0 Å². The van der Waals surface area contributed by atoms with Crippen molar-refractivity contribution in [2.24, 2.45) is 0 Å². The fourth-order valence-electron chi connectivity index (χ4n) is 1.90. The van der Waals surface area contributed by atoms with Gasteiger partial charge in [-0.05, 0) is 19.4 Å². The first-order valence-corrected chi connectivity index (χ1v) is 5.19. The van der Waals surface area contributed by atoms with E-state index in [0.29, 0.717) is 0 Å². The molecule has 0 radical (unpaired) electrons. The van der Waals surface area contributed by atoms with E-state index < -0.39 is 5.54 Å². The lowest BCUT2D eigenvalue weighted by atomic mass is 9.93. The van der Waals surface area contributed by atoms with Crippen LogP contribution in [0.1, 0.15) is 19.4 Å². The van der Waals surface area contributed by atoms with Crippen molar-refractivity contribution in [3.8, 4) is 0 Å². The minimum Gasteiger partial charge on any atom is -0.306 e. The Balaban J connectivity index is 2.32. The van der Waals surface area contributed by atoms with E-state index in [1.54, 1.807) is 4.90 Å². The van der Waals surface area contributed by atoms with Gasteiger partial charge in [-0.15, -0.1) is 0 Å². The summed E-state index contributed by atoms with van der Waals surface area (Å²) >= 11 is 0. The minimum absolute atomic E-state index is 0.126. The molecule has 0 atom stereocenters. The van der Waals surface area contributed by atoms with Crippen molar-refractivity contribution < 1.29 is 9.59 Å². The zero-order chi connectivity index (χ0) is 11.8. The molecule has 0 aliphatic carbocycles. The van der Waals surface area contributed by atoms with Crippen LogP contribution in [0, 0.1) is 0 Å². The topological polar surface area (TPSA) is 49.4 Å². The zero-order valence-corrected chi connectivity index (χ0v) is 9.36. The quantitative estimate of drug-likeness (QED) is 0.764. The van der Waals surface area contributed by atoms with Gasteiger partial charge in [-0.2, -0.15) is 0 Å². The molecule has 1 N–H and O–H groups in total. The second-order valence-electron chi connectivity index (χ2n) is 4.36. The average molecular weight is 218 g/mol. The van der Waals surface area contributed by atoms with E-state index in [1.165, 1.54) is 0 Å². The Morgan fingerprint density at radius 1 is 1.19 bits per heavy atom. The van der Waals surface area contributed by atoms with Gasteiger partial charge in [-0.25, -0.2) is 4.79 Å². The number of hydrogen-bond acceptors (Lipinski definition) is 2. The number of carbonyl (C=O) groups excluding carboxylic acids is 2. The van der Waals surface area contributed by atoms with Crippen LogP contribution in [-0.2, 0) is 10.3 Å². The van der Waals surface area contributed by atoms with Crippen molar-refractivity contribution in [3.63, 3.8) is 0 Å². The maximum Gasteiger partial charge on any atom is 0.325 e. The number of urea groups is 1. The van der Waals surface area contributed by atoms with Crippen molar-refractivity contribution in [1.82, 2.24) is 10.2 Å². The Morgan fingerprint density at radius 3 is 2.31 bits per heavy atom. The second kappa shape index (κ2) is 3.63. The van der Waals surface area contributed by atoms with Crippen LogP contribution in [0.15, 0.2) is 30.3 Å². The summed E-state index contributed by atoms with van der Waals surface area (Å²) in [5.41, 5.74) is 0.539. The van der Waals surface area contributed by atoms with Gasteiger partial charge in [-0.1, -0.05) is 30.3 Å². The van der Waals surface area contributed by atoms with E-state index in [2.05, 4.69) is 5.32 Å². The molecule has 0 spiro atoms. The molecule has 16 heavy (non-hydrogen) atoms. The third kappa shape index (κ3) is 1.66. The van der Waals surface area contributed by atoms with E-state index in [9.17, 15) is 9.59 Å². The van der Waals surface area contributed by atoms with Crippen LogP contribution in [0.2, 0.25) is 0 Å². The lowest BCUT2D eigenvalue weighted by Gasteiger charge is -2.34. The van der Waals surface area contributed by atoms with Gasteiger partial charge >= 0.3 is 6.03 Å². The molecule has 1 aliphatic heterocycles. The predicted molar refractivity (Wildman–Crippen MR) is 59.7 cm³/mol. The summed E-state index contributed by atoms with van der Waals surface area (Å²) in [6.07, 6.45) is 0. The Labute approximate surface area is 94.2 Å². The fourth-order valence-corrected chi connectivity index (χ4v) is 1.90. The van der Waals surface area contributed by atoms with Gasteiger partial charge in [-0.3, -0.25) is 10.1 Å². The van der Waals surface area contributed by atoms with Crippen molar-refractivity contribution in [2.45, 2.75) is 19.4 Å². The molecule has 1 fully saturated rings. The summed E-state index contributed by atoms with van der Waals surface area (Å²) < 4.78 is 0. The number of nitrogens with one attached hydrogen (secondary N) is 1. The molecule has 0 unspecified atom stereocenters. The molecular formula is C12H14N2O2. The molecular weight excluding hydrogens is 204 g/mol. The molecule has 0 aromatic heterocycles. The molecule has 0 bridgehead atoms. The van der Waals surface area contributed by atoms with Crippen LogP contribution in [-0.4, -0.2) is 23.4 Å². The summed E-state index contributed by atoms with van der Waals surface area (Å²) in [5, 5.41) is 2.29. The molecule has 1 aromatic rings. The van der Waals surface area contributed by atoms with E-state index in [-0.39, 0.29) is 18.5 Å². The first-order valence-electron chi connectivity index (χ1n) is 5.19. The van der Waals surface area contributed by atoms with Crippen LogP contribution in [0.3, 0.4) is 0 Å². The highest BCUT2D eigenvalue weighted by Gasteiger charge is 2.38. The van der Waals surface area contributed by atoms with Crippen molar-refractivity contribution >= 4 is 11.9 Å². The summed E-state index contributed by atoms with van der Waals surface area (Å²) in [7, 11) is 0. The zero-order valence-electron chi connectivity index (χ0n) is 9.36. The van der Waals surface area contributed by atoms with Crippen molar-refractivity contribution in [1.29, 1.82) is 0 Å². The Bertz CT molecular complexity index is 426. The number of amides is 3.